The Kier molecular flexibility index (Phi) is 4.10. The van der Waals surface area contributed by atoms with Crippen LogP contribution in [0.5, 0.6) is 0 Å². The molecule has 0 saturated heterocycles. The Labute approximate surface area is 111 Å². The summed E-state index contributed by atoms with van der Waals surface area (Å²) >= 11 is 5.83. The number of nitrogens with one attached hydrogen (secondary N) is 1. The molecule has 100 valence electrons. The number of halogens is 2. The fourth-order valence-corrected chi connectivity index (χ4v) is 2.64. The van der Waals surface area contributed by atoms with Gasteiger partial charge in [0.15, 0.2) is 0 Å². The molecule has 0 amide bonds. The maximum absolute atomic E-state index is 13.2. The standard InChI is InChI=1S/C13H18ClFN2O/c1-2-18-12-6-13(7-12,8-16)17-11-4-9(14)3-10(15)5-11/h3-5,12,17H,2,6-8,16H2,1H3. The lowest BCUT2D eigenvalue weighted by Crippen LogP contribution is -2.58. The summed E-state index contributed by atoms with van der Waals surface area (Å²) in [6.07, 6.45) is 1.92. The van der Waals surface area contributed by atoms with Crippen LogP contribution in [0.4, 0.5) is 10.1 Å². The summed E-state index contributed by atoms with van der Waals surface area (Å²) < 4.78 is 18.8. The zero-order valence-corrected chi connectivity index (χ0v) is 11.1. The third-order valence-electron chi connectivity index (χ3n) is 3.30. The van der Waals surface area contributed by atoms with Crippen LogP contribution >= 0.6 is 11.6 Å². The van der Waals surface area contributed by atoms with E-state index in [0.29, 0.717) is 23.9 Å². The van der Waals surface area contributed by atoms with Gasteiger partial charge in [0.05, 0.1) is 11.6 Å². The van der Waals surface area contributed by atoms with Crippen molar-refractivity contribution in [3.63, 3.8) is 0 Å². The maximum atomic E-state index is 13.2. The molecular weight excluding hydrogens is 255 g/mol. The fraction of sp³-hybridized carbons (Fsp3) is 0.538. The van der Waals surface area contributed by atoms with Gasteiger partial charge in [-0.3, -0.25) is 0 Å². The smallest absolute Gasteiger partial charge is 0.126 e. The SMILES string of the molecule is CCOC1CC(CN)(Nc2cc(F)cc(Cl)c2)C1. The highest BCUT2D eigenvalue weighted by Crippen LogP contribution is 2.37. The Bertz CT molecular complexity index is 401. The zero-order chi connectivity index (χ0) is 13.2. The highest BCUT2D eigenvalue weighted by molar-refractivity contribution is 6.30. The van der Waals surface area contributed by atoms with Gasteiger partial charge in [0.1, 0.15) is 5.82 Å². The van der Waals surface area contributed by atoms with Crippen molar-refractivity contribution in [3.8, 4) is 0 Å². The van der Waals surface area contributed by atoms with Gasteiger partial charge in [-0.2, -0.15) is 0 Å². The van der Waals surface area contributed by atoms with Crippen molar-refractivity contribution < 1.29 is 9.13 Å². The van der Waals surface area contributed by atoms with Gasteiger partial charge in [-0.15, -0.1) is 0 Å². The molecule has 0 aliphatic heterocycles. The van der Waals surface area contributed by atoms with E-state index in [1.165, 1.54) is 12.1 Å². The molecule has 0 atom stereocenters. The molecule has 2 rings (SSSR count). The van der Waals surface area contributed by atoms with Crippen molar-refractivity contribution in [1.29, 1.82) is 0 Å². The molecule has 5 heteroatoms. The Balaban J connectivity index is 2.03. The lowest BCUT2D eigenvalue weighted by Gasteiger charge is -2.47. The minimum Gasteiger partial charge on any atom is -0.378 e. The summed E-state index contributed by atoms with van der Waals surface area (Å²) in [5, 5.41) is 3.66. The van der Waals surface area contributed by atoms with Crippen molar-refractivity contribution in [2.45, 2.75) is 31.4 Å². The van der Waals surface area contributed by atoms with Gasteiger partial charge in [0, 0.05) is 23.9 Å². The summed E-state index contributed by atoms with van der Waals surface area (Å²) in [5.41, 5.74) is 6.28. The first kappa shape index (κ1) is 13.6. The molecule has 0 unspecified atom stereocenters. The molecule has 1 aliphatic carbocycles. The Hall–Kier alpha value is -0.840. The van der Waals surface area contributed by atoms with Crippen LogP contribution in [0.1, 0.15) is 19.8 Å². The van der Waals surface area contributed by atoms with Crippen molar-refractivity contribution in [2.75, 3.05) is 18.5 Å². The molecule has 1 fully saturated rings. The van der Waals surface area contributed by atoms with Crippen LogP contribution in [0.25, 0.3) is 0 Å². The van der Waals surface area contributed by atoms with Gasteiger partial charge in [-0.25, -0.2) is 4.39 Å². The van der Waals surface area contributed by atoms with Crippen molar-refractivity contribution >= 4 is 17.3 Å². The lowest BCUT2D eigenvalue weighted by atomic mass is 9.74. The second kappa shape index (κ2) is 5.43. The Morgan fingerprint density at radius 1 is 1.50 bits per heavy atom. The predicted molar refractivity (Wildman–Crippen MR) is 71.5 cm³/mol. The van der Waals surface area contributed by atoms with Gasteiger partial charge >= 0.3 is 0 Å². The van der Waals surface area contributed by atoms with Crippen LogP contribution in [0, 0.1) is 5.82 Å². The largest absolute Gasteiger partial charge is 0.378 e. The fourth-order valence-electron chi connectivity index (χ4n) is 2.42. The predicted octanol–water partition coefficient (Wildman–Crippen LogP) is 2.79. The number of nitrogens with two attached hydrogens (primary N) is 1. The average molecular weight is 273 g/mol. The quantitative estimate of drug-likeness (QED) is 0.866. The van der Waals surface area contributed by atoms with Crippen LogP contribution in [0.15, 0.2) is 18.2 Å². The first-order valence-corrected chi connectivity index (χ1v) is 6.50. The molecule has 1 aliphatic rings. The van der Waals surface area contributed by atoms with Crippen LogP contribution in [-0.4, -0.2) is 24.8 Å². The third kappa shape index (κ3) is 2.94. The van der Waals surface area contributed by atoms with Crippen molar-refractivity contribution in [2.24, 2.45) is 5.73 Å². The minimum atomic E-state index is -0.349. The van der Waals surface area contributed by atoms with E-state index in [9.17, 15) is 4.39 Å². The number of ether oxygens (including phenoxy) is 1. The van der Waals surface area contributed by atoms with E-state index < -0.39 is 0 Å². The first-order valence-electron chi connectivity index (χ1n) is 6.13. The molecule has 18 heavy (non-hydrogen) atoms. The third-order valence-corrected chi connectivity index (χ3v) is 3.52. The zero-order valence-electron chi connectivity index (χ0n) is 10.4. The summed E-state index contributed by atoms with van der Waals surface area (Å²) in [6, 6.07) is 4.42. The van der Waals surface area contributed by atoms with Crippen molar-refractivity contribution in [3.05, 3.63) is 29.0 Å². The molecule has 3 N–H and O–H groups in total. The lowest BCUT2D eigenvalue weighted by molar-refractivity contribution is -0.0271. The van der Waals surface area contributed by atoms with Crippen LogP contribution < -0.4 is 11.1 Å². The van der Waals surface area contributed by atoms with Crippen LogP contribution in [-0.2, 0) is 4.74 Å². The Morgan fingerprint density at radius 2 is 2.22 bits per heavy atom. The molecule has 0 radical (unpaired) electrons. The van der Waals surface area contributed by atoms with E-state index in [4.69, 9.17) is 22.1 Å². The summed E-state index contributed by atoms with van der Waals surface area (Å²) in [6.45, 7) is 3.17. The van der Waals surface area contributed by atoms with Crippen LogP contribution in [0.2, 0.25) is 5.02 Å². The number of hydrogen-bond donors (Lipinski definition) is 2. The second-order valence-corrected chi connectivity index (χ2v) is 5.19. The van der Waals surface area contributed by atoms with Crippen LogP contribution in [0.3, 0.4) is 0 Å². The summed E-state index contributed by atoms with van der Waals surface area (Å²) in [7, 11) is 0. The topological polar surface area (TPSA) is 47.3 Å². The van der Waals surface area contributed by atoms with Gasteiger partial charge in [0.25, 0.3) is 0 Å². The highest BCUT2D eigenvalue weighted by atomic mass is 35.5. The number of rotatable bonds is 5. The van der Waals surface area contributed by atoms with Gasteiger partial charge in [-0.05, 0) is 38.0 Å². The highest BCUT2D eigenvalue weighted by Gasteiger charge is 2.43. The molecule has 0 spiro atoms. The molecule has 3 nitrogen and oxygen atoms in total. The average Bonchev–Trinajstić information content (AvgIpc) is 2.24. The first-order chi connectivity index (χ1) is 8.57. The molecule has 0 heterocycles. The second-order valence-electron chi connectivity index (χ2n) is 4.75. The monoisotopic (exact) mass is 272 g/mol. The van der Waals surface area contributed by atoms with E-state index >= 15 is 0 Å². The van der Waals surface area contributed by atoms with E-state index in [1.54, 1.807) is 6.07 Å². The number of benzene rings is 1. The number of anilines is 1. The molecule has 1 aromatic rings. The van der Waals surface area contributed by atoms with Gasteiger partial charge < -0.3 is 15.8 Å². The summed E-state index contributed by atoms with van der Waals surface area (Å²) in [5.74, 6) is -0.349. The Morgan fingerprint density at radius 3 is 2.78 bits per heavy atom. The van der Waals surface area contributed by atoms with E-state index in [1.807, 2.05) is 6.92 Å². The normalized spacial score (nSPS) is 26.8. The van der Waals surface area contributed by atoms with Crippen molar-refractivity contribution in [1.82, 2.24) is 0 Å². The summed E-state index contributed by atoms with van der Waals surface area (Å²) in [4.78, 5) is 0. The number of hydrogen-bond acceptors (Lipinski definition) is 3. The van der Waals surface area contributed by atoms with Gasteiger partial charge in [-0.1, -0.05) is 11.6 Å². The minimum absolute atomic E-state index is 0.197. The molecule has 1 saturated carbocycles. The molecular formula is C13H18ClFN2O. The van der Waals surface area contributed by atoms with E-state index in [-0.39, 0.29) is 17.5 Å². The molecule has 0 aromatic heterocycles. The molecule has 1 aromatic carbocycles. The van der Waals surface area contributed by atoms with E-state index in [0.717, 1.165) is 12.8 Å². The van der Waals surface area contributed by atoms with E-state index in [2.05, 4.69) is 5.32 Å². The molecule has 0 bridgehead atoms. The maximum Gasteiger partial charge on any atom is 0.126 e. The van der Waals surface area contributed by atoms with Gasteiger partial charge in [0.2, 0.25) is 0 Å².